The van der Waals surface area contributed by atoms with Crippen LogP contribution in [0.3, 0.4) is 0 Å². The van der Waals surface area contributed by atoms with Gasteiger partial charge in [-0.2, -0.15) is 0 Å². The van der Waals surface area contributed by atoms with Crippen molar-refractivity contribution in [2.45, 2.75) is 59.2 Å². The minimum atomic E-state index is -1.00. The maximum atomic E-state index is 11.7. The van der Waals surface area contributed by atoms with E-state index in [-0.39, 0.29) is 12.5 Å². The second-order valence-corrected chi connectivity index (χ2v) is 7.90. The van der Waals surface area contributed by atoms with Crippen molar-refractivity contribution in [1.29, 1.82) is 0 Å². The van der Waals surface area contributed by atoms with Crippen molar-refractivity contribution in [1.82, 2.24) is 4.90 Å². The van der Waals surface area contributed by atoms with Crippen LogP contribution in [0.4, 0.5) is 4.79 Å². The molecule has 0 bridgehead atoms. The Kier molecular flexibility index (Phi) is 8.39. The van der Waals surface area contributed by atoms with Crippen molar-refractivity contribution in [2.75, 3.05) is 13.2 Å². The lowest BCUT2D eigenvalue weighted by atomic mass is 9.88. The van der Waals surface area contributed by atoms with Crippen molar-refractivity contribution in [3.8, 4) is 0 Å². The zero-order valence-corrected chi connectivity index (χ0v) is 16.1. The smallest absolute Gasteiger partial charge is 0.408 e. The summed E-state index contributed by atoms with van der Waals surface area (Å²) in [6.45, 7) is 10.6. The van der Waals surface area contributed by atoms with Crippen LogP contribution in [0.2, 0.25) is 0 Å². The fourth-order valence-electron chi connectivity index (χ4n) is 3.04. The number of carboxylic acid groups (broad SMARTS) is 1. The largest absolute Gasteiger partial charge is 0.465 e. The molecule has 5 heteroatoms. The predicted octanol–water partition coefficient (Wildman–Crippen LogP) is 4.00. The first-order valence-corrected chi connectivity index (χ1v) is 8.91. The van der Waals surface area contributed by atoms with Gasteiger partial charge in [0, 0.05) is 5.54 Å². The summed E-state index contributed by atoms with van der Waals surface area (Å²) in [6, 6.07) is 9.53. The zero-order valence-electron chi connectivity index (χ0n) is 16.1. The Labute approximate surface area is 151 Å². The normalized spacial score (nSPS) is 14.4. The standard InChI is InChI=1S/C20H33NO4/c1-15(2)17(14-25-13-16-9-7-6-8-10-16)11-18(12-22)21(19(23)24)20(3,4)5/h6-10,15,17-18,22H,11-14H2,1-5H3,(H,23,24). The summed E-state index contributed by atoms with van der Waals surface area (Å²) >= 11 is 0. The highest BCUT2D eigenvalue weighted by Gasteiger charge is 2.34. The van der Waals surface area contributed by atoms with Gasteiger partial charge in [0.1, 0.15) is 0 Å². The average Bonchev–Trinajstić information content (AvgIpc) is 2.51. The van der Waals surface area contributed by atoms with Gasteiger partial charge in [-0.05, 0) is 44.6 Å². The molecule has 1 aromatic carbocycles. The average molecular weight is 351 g/mol. The number of ether oxygens (including phenoxy) is 1. The van der Waals surface area contributed by atoms with Crippen LogP contribution >= 0.6 is 0 Å². The quantitative estimate of drug-likeness (QED) is 0.705. The molecule has 0 aliphatic rings. The van der Waals surface area contributed by atoms with Gasteiger partial charge in [-0.1, -0.05) is 44.2 Å². The Morgan fingerprint density at radius 2 is 1.80 bits per heavy atom. The lowest BCUT2D eigenvalue weighted by Gasteiger charge is -2.40. The summed E-state index contributed by atoms with van der Waals surface area (Å²) in [5.74, 6) is 0.505. The molecule has 0 aliphatic carbocycles. The van der Waals surface area contributed by atoms with Crippen molar-refractivity contribution >= 4 is 6.09 Å². The third kappa shape index (κ3) is 7.04. The zero-order chi connectivity index (χ0) is 19.0. The Morgan fingerprint density at radius 1 is 1.20 bits per heavy atom. The number of hydrogen-bond acceptors (Lipinski definition) is 3. The SMILES string of the molecule is CC(C)C(COCc1ccccc1)CC(CO)N(C(=O)O)C(C)(C)C. The molecule has 142 valence electrons. The highest BCUT2D eigenvalue weighted by molar-refractivity contribution is 5.66. The molecule has 0 saturated heterocycles. The topological polar surface area (TPSA) is 70.0 Å². The van der Waals surface area contributed by atoms with Crippen LogP contribution in [-0.4, -0.2) is 46.0 Å². The van der Waals surface area contributed by atoms with Gasteiger partial charge in [0.2, 0.25) is 0 Å². The first-order chi connectivity index (χ1) is 11.7. The molecule has 25 heavy (non-hydrogen) atoms. The van der Waals surface area contributed by atoms with Crippen molar-refractivity contribution in [3.63, 3.8) is 0 Å². The van der Waals surface area contributed by atoms with Crippen molar-refractivity contribution < 1.29 is 19.7 Å². The molecule has 0 spiro atoms. The molecule has 2 unspecified atom stereocenters. The number of aliphatic hydroxyl groups excluding tert-OH is 1. The van der Waals surface area contributed by atoms with Crippen LogP contribution in [0.15, 0.2) is 30.3 Å². The predicted molar refractivity (Wildman–Crippen MR) is 99.5 cm³/mol. The monoisotopic (exact) mass is 351 g/mol. The van der Waals surface area contributed by atoms with Gasteiger partial charge >= 0.3 is 6.09 Å². The maximum absolute atomic E-state index is 11.7. The number of carbonyl (C=O) groups is 1. The van der Waals surface area contributed by atoms with Crippen LogP contribution in [0, 0.1) is 11.8 Å². The molecule has 1 amide bonds. The van der Waals surface area contributed by atoms with E-state index in [0.29, 0.717) is 25.6 Å². The van der Waals surface area contributed by atoms with E-state index < -0.39 is 17.7 Å². The minimum Gasteiger partial charge on any atom is -0.465 e. The second-order valence-electron chi connectivity index (χ2n) is 7.90. The summed E-state index contributed by atoms with van der Waals surface area (Å²) < 4.78 is 5.87. The Bertz CT molecular complexity index is 510. The van der Waals surface area contributed by atoms with Gasteiger partial charge in [-0.15, -0.1) is 0 Å². The highest BCUT2D eigenvalue weighted by Crippen LogP contribution is 2.25. The summed E-state index contributed by atoms with van der Waals surface area (Å²) in [5.41, 5.74) is 0.552. The maximum Gasteiger partial charge on any atom is 0.408 e. The van der Waals surface area contributed by atoms with Crippen LogP contribution in [0.5, 0.6) is 0 Å². The molecular formula is C20H33NO4. The third-order valence-corrected chi connectivity index (χ3v) is 4.47. The van der Waals surface area contributed by atoms with E-state index in [1.165, 1.54) is 4.90 Å². The van der Waals surface area contributed by atoms with Crippen LogP contribution in [0.25, 0.3) is 0 Å². The van der Waals surface area contributed by atoms with Gasteiger partial charge in [-0.3, -0.25) is 4.90 Å². The van der Waals surface area contributed by atoms with Gasteiger partial charge in [0.25, 0.3) is 0 Å². The van der Waals surface area contributed by atoms with E-state index >= 15 is 0 Å². The molecule has 0 saturated carbocycles. The van der Waals surface area contributed by atoms with Crippen LogP contribution in [-0.2, 0) is 11.3 Å². The van der Waals surface area contributed by atoms with E-state index in [1.54, 1.807) is 0 Å². The van der Waals surface area contributed by atoms with Gasteiger partial charge in [0.15, 0.2) is 0 Å². The lowest BCUT2D eigenvalue weighted by molar-refractivity contribution is 0.0135. The number of amides is 1. The van der Waals surface area contributed by atoms with Gasteiger partial charge < -0.3 is 14.9 Å². The molecule has 0 aromatic heterocycles. The fourth-order valence-corrected chi connectivity index (χ4v) is 3.04. The van der Waals surface area contributed by atoms with Gasteiger partial charge in [-0.25, -0.2) is 4.79 Å². The highest BCUT2D eigenvalue weighted by atomic mass is 16.5. The van der Waals surface area contributed by atoms with Crippen molar-refractivity contribution in [3.05, 3.63) is 35.9 Å². The second kappa shape index (κ2) is 9.78. The first kappa shape index (κ1) is 21.5. The molecule has 1 rings (SSSR count). The molecule has 5 nitrogen and oxygen atoms in total. The molecular weight excluding hydrogens is 318 g/mol. The van der Waals surface area contributed by atoms with E-state index in [2.05, 4.69) is 13.8 Å². The number of aliphatic hydroxyl groups is 1. The minimum absolute atomic E-state index is 0.171. The van der Waals surface area contributed by atoms with E-state index in [4.69, 9.17) is 4.74 Å². The number of benzene rings is 1. The molecule has 0 heterocycles. The number of rotatable bonds is 9. The number of hydrogen-bond donors (Lipinski definition) is 2. The molecule has 0 aliphatic heterocycles. The first-order valence-electron chi connectivity index (χ1n) is 8.91. The Hall–Kier alpha value is -1.59. The Balaban J connectivity index is 2.72. The Morgan fingerprint density at radius 3 is 2.24 bits per heavy atom. The van der Waals surface area contributed by atoms with Crippen LogP contribution < -0.4 is 0 Å². The van der Waals surface area contributed by atoms with Gasteiger partial charge in [0.05, 0.1) is 25.9 Å². The molecule has 0 radical (unpaired) electrons. The molecule has 0 fully saturated rings. The number of nitrogens with zero attached hydrogens (tertiary/aromatic N) is 1. The summed E-state index contributed by atoms with van der Waals surface area (Å²) in [7, 11) is 0. The van der Waals surface area contributed by atoms with E-state index in [9.17, 15) is 15.0 Å². The van der Waals surface area contributed by atoms with E-state index in [1.807, 2.05) is 51.1 Å². The summed E-state index contributed by atoms with van der Waals surface area (Å²) in [5, 5.41) is 19.4. The summed E-state index contributed by atoms with van der Waals surface area (Å²) in [6.07, 6.45) is -0.425. The summed E-state index contributed by atoms with van der Waals surface area (Å²) in [4.78, 5) is 13.0. The van der Waals surface area contributed by atoms with E-state index in [0.717, 1.165) is 5.56 Å². The third-order valence-electron chi connectivity index (χ3n) is 4.47. The molecule has 1 aromatic rings. The molecule has 2 N–H and O–H groups in total. The molecule has 2 atom stereocenters. The van der Waals surface area contributed by atoms with Crippen LogP contribution in [0.1, 0.15) is 46.6 Å². The van der Waals surface area contributed by atoms with Crippen molar-refractivity contribution in [2.24, 2.45) is 11.8 Å². The fraction of sp³-hybridized carbons (Fsp3) is 0.650. The lowest BCUT2D eigenvalue weighted by Crippen LogP contribution is -2.53.